The summed E-state index contributed by atoms with van der Waals surface area (Å²) < 4.78 is 0. The third kappa shape index (κ3) is 6.73. The summed E-state index contributed by atoms with van der Waals surface area (Å²) in [7, 11) is 0. The average Bonchev–Trinajstić information content (AvgIpc) is 3.44. The lowest BCUT2D eigenvalue weighted by Crippen LogP contribution is -2.16. The van der Waals surface area contributed by atoms with E-state index in [1.165, 1.54) is 95.2 Å². The van der Waals surface area contributed by atoms with Crippen LogP contribution in [-0.2, 0) is 31.1 Å². The average molecular weight is 775 g/mol. The molecule has 2 aliphatic heterocycles. The summed E-state index contributed by atoms with van der Waals surface area (Å²) in [6.07, 6.45) is 13.1. The van der Waals surface area contributed by atoms with Crippen molar-refractivity contribution in [2.75, 3.05) is 9.80 Å². The van der Waals surface area contributed by atoms with Gasteiger partial charge in [0.2, 0.25) is 0 Å². The van der Waals surface area contributed by atoms with Crippen molar-refractivity contribution in [3.63, 3.8) is 0 Å². The number of aryl methyl sites for hydroxylation is 4. The van der Waals surface area contributed by atoms with Crippen LogP contribution in [0.4, 0.5) is 28.4 Å². The summed E-state index contributed by atoms with van der Waals surface area (Å²) in [4.78, 5) is 4.77. The molecule has 0 unspecified atom stereocenters. The van der Waals surface area contributed by atoms with Gasteiger partial charge in [0.05, 0.1) is 0 Å². The predicted molar refractivity (Wildman–Crippen MR) is 256 cm³/mol. The molecule has 0 amide bonds. The van der Waals surface area contributed by atoms with Crippen LogP contribution in [0, 0.1) is 0 Å². The van der Waals surface area contributed by atoms with Crippen molar-refractivity contribution in [1.29, 1.82) is 0 Å². The quantitative estimate of drug-likeness (QED) is 0.118. The van der Waals surface area contributed by atoms with Gasteiger partial charge in [-0.2, -0.15) is 0 Å². The van der Waals surface area contributed by atoms with E-state index in [-0.39, 0.29) is 5.41 Å². The van der Waals surface area contributed by atoms with E-state index in [9.17, 15) is 0 Å². The van der Waals surface area contributed by atoms with Crippen LogP contribution >= 0.6 is 0 Å². The second kappa shape index (κ2) is 15.4. The van der Waals surface area contributed by atoms with Gasteiger partial charge in [0.1, 0.15) is 0 Å². The van der Waals surface area contributed by atoms with E-state index >= 15 is 0 Å². The Morgan fingerprint density at radius 3 is 1.52 bits per heavy atom. The standard InChI is InChI=1S/C58H50N2/c1-40(59-54-17-9-5-13-46(54)29-30-47-14-6-10-18-55(47)59)21-37-51-41(2)58(3,4)53-39-43(26-38-52(51)53)23-22-42-24-27-44(28-25-42)45-33-35-50(36-34-45)60-56-19-11-7-15-48(56)31-32-49-16-8-12-20-57(49)60/h5-28,33-39H,1,29-32H2,2-4H3/b23-22+,37-21-. The molecule has 0 radical (unpaired) electrons. The lowest BCUT2D eigenvalue weighted by molar-refractivity contribution is 0.639. The fourth-order valence-corrected chi connectivity index (χ4v) is 9.56. The van der Waals surface area contributed by atoms with E-state index in [0.717, 1.165) is 31.4 Å². The molecule has 0 spiro atoms. The van der Waals surface area contributed by atoms with Crippen LogP contribution in [0.25, 0.3) is 28.9 Å². The highest BCUT2D eigenvalue weighted by Gasteiger charge is 2.34. The maximum absolute atomic E-state index is 4.63. The Morgan fingerprint density at radius 1 is 0.517 bits per heavy atom. The molecule has 0 saturated carbocycles. The molecule has 10 rings (SSSR count). The van der Waals surface area contributed by atoms with Gasteiger partial charge in [0.25, 0.3) is 0 Å². The second-order valence-electron chi connectivity index (χ2n) is 17.0. The minimum absolute atomic E-state index is 0.0841. The number of para-hydroxylation sites is 4. The third-order valence-corrected chi connectivity index (χ3v) is 13.2. The first-order chi connectivity index (χ1) is 29.3. The number of hydrogen-bond acceptors (Lipinski definition) is 2. The molecule has 0 fully saturated rings. The molecule has 0 bridgehead atoms. The maximum Gasteiger partial charge on any atom is 0.0493 e. The molecule has 2 heterocycles. The van der Waals surface area contributed by atoms with Crippen molar-refractivity contribution >= 4 is 46.2 Å². The van der Waals surface area contributed by atoms with Crippen LogP contribution in [0.3, 0.4) is 0 Å². The summed E-state index contributed by atoms with van der Waals surface area (Å²) in [5.74, 6) is 0. The Balaban J connectivity index is 0.864. The first-order valence-electron chi connectivity index (χ1n) is 21.4. The predicted octanol–water partition coefficient (Wildman–Crippen LogP) is 15.2. The van der Waals surface area contributed by atoms with Gasteiger partial charge >= 0.3 is 0 Å². The van der Waals surface area contributed by atoms with Gasteiger partial charge in [-0.3, -0.25) is 0 Å². The van der Waals surface area contributed by atoms with E-state index < -0.39 is 0 Å². The van der Waals surface area contributed by atoms with Crippen molar-refractivity contribution in [2.45, 2.75) is 51.9 Å². The Hall–Kier alpha value is -6.90. The molecule has 2 heteroatoms. The summed E-state index contributed by atoms with van der Waals surface area (Å²) >= 11 is 0. The first-order valence-corrected chi connectivity index (χ1v) is 21.4. The Bertz CT molecular complexity index is 2770. The number of nitrogens with zero attached hydrogens (tertiary/aromatic N) is 2. The molecular weight excluding hydrogens is 725 g/mol. The van der Waals surface area contributed by atoms with Crippen LogP contribution < -0.4 is 9.80 Å². The molecule has 0 saturated heterocycles. The van der Waals surface area contributed by atoms with Gasteiger partial charge in [0, 0.05) is 39.5 Å². The third-order valence-electron chi connectivity index (χ3n) is 13.2. The van der Waals surface area contributed by atoms with E-state index in [0.29, 0.717) is 0 Å². The molecule has 1 aliphatic carbocycles. The van der Waals surface area contributed by atoms with E-state index in [2.05, 4.69) is 225 Å². The molecular formula is C58H50N2. The van der Waals surface area contributed by atoms with Crippen molar-refractivity contribution in [3.8, 4) is 11.1 Å². The van der Waals surface area contributed by atoms with Crippen LogP contribution in [0.15, 0.2) is 194 Å². The zero-order valence-corrected chi connectivity index (χ0v) is 34.8. The SMILES string of the molecule is C=C(/C=C\C1=C(C)C(C)(C)c2cc(/C=C/c3ccc(-c4ccc(N5c6ccccc6CCc6ccccc65)cc4)cc3)ccc21)N1c2ccccc2CCc2ccccc21. The van der Waals surface area contributed by atoms with Crippen molar-refractivity contribution in [3.05, 3.63) is 238 Å². The molecule has 0 atom stereocenters. The molecule has 292 valence electrons. The van der Waals surface area contributed by atoms with E-state index in [1.54, 1.807) is 0 Å². The van der Waals surface area contributed by atoms with Crippen LogP contribution in [0.2, 0.25) is 0 Å². The van der Waals surface area contributed by atoms with Crippen molar-refractivity contribution < 1.29 is 0 Å². The Labute approximate surface area is 355 Å². The fraction of sp³-hybridized carbons (Fsp3) is 0.138. The highest BCUT2D eigenvalue weighted by atomic mass is 15.2. The summed E-state index contributed by atoms with van der Waals surface area (Å²) in [5.41, 5.74) is 22.7. The van der Waals surface area contributed by atoms with Crippen LogP contribution in [0.1, 0.15) is 65.3 Å². The molecule has 2 nitrogen and oxygen atoms in total. The molecule has 60 heavy (non-hydrogen) atoms. The number of hydrogen-bond donors (Lipinski definition) is 0. The van der Waals surface area contributed by atoms with E-state index in [4.69, 9.17) is 0 Å². The number of anilines is 5. The van der Waals surface area contributed by atoms with Gasteiger partial charge in [-0.15, -0.1) is 0 Å². The normalized spacial score (nSPS) is 15.2. The van der Waals surface area contributed by atoms with Gasteiger partial charge in [-0.1, -0.05) is 172 Å². The molecule has 3 aliphatic rings. The number of rotatable bonds is 7. The van der Waals surface area contributed by atoms with Crippen molar-refractivity contribution in [2.24, 2.45) is 0 Å². The highest BCUT2D eigenvalue weighted by Crippen LogP contribution is 2.48. The number of fused-ring (bicyclic) bond motifs is 5. The molecule has 0 aromatic heterocycles. The van der Waals surface area contributed by atoms with Crippen molar-refractivity contribution in [1.82, 2.24) is 0 Å². The minimum Gasteiger partial charge on any atom is -0.311 e. The Kier molecular flexibility index (Phi) is 9.57. The molecule has 7 aromatic carbocycles. The summed E-state index contributed by atoms with van der Waals surface area (Å²) in [6.45, 7) is 11.6. The van der Waals surface area contributed by atoms with Gasteiger partial charge in [-0.25, -0.2) is 0 Å². The zero-order chi connectivity index (χ0) is 40.8. The van der Waals surface area contributed by atoms with Gasteiger partial charge < -0.3 is 9.80 Å². The summed E-state index contributed by atoms with van der Waals surface area (Å²) in [6, 6.07) is 60.1. The van der Waals surface area contributed by atoms with Crippen LogP contribution in [0.5, 0.6) is 0 Å². The number of allylic oxidation sites excluding steroid dienone is 4. The summed E-state index contributed by atoms with van der Waals surface area (Å²) in [5, 5.41) is 0. The van der Waals surface area contributed by atoms with Gasteiger partial charge in [0.15, 0.2) is 0 Å². The van der Waals surface area contributed by atoms with Gasteiger partial charge in [-0.05, 0) is 136 Å². The Morgan fingerprint density at radius 2 is 0.967 bits per heavy atom. The largest absolute Gasteiger partial charge is 0.311 e. The molecule has 0 N–H and O–H groups in total. The number of benzene rings is 7. The molecule has 7 aromatic rings. The second-order valence-corrected chi connectivity index (χ2v) is 17.0. The van der Waals surface area contributed by atoms with E-state index in [1.807, 2.05) is 0 Å². The first kappa shape index (κ1) is 37.4. The zero-order valence-electron chi connectivity index (χ0n) is 34.8. The monoisotopic (exact) mass is 774 g/mol. The smallest absolute Gasteiger partial charge is 0.0493 e. The maximum atomic E-state index is 4.63. The lowest BCUT2D eigenvalue weighted by Gasteiger charge is -2.27. The topological polar surface area (TPSA) is 6.48 Å². The lowest BCUT2D eigenvalue weighted by atomic mass is 9.81. The minimum atomic E-state index is -0.0841. The fourth-order valence-electron chi connectivity index (χ4n) is 9.56. The highest BCUT2D eigenvalue weighted by molar-refractivity contribution is 5.88. The van der Waals surface area contributed by atoms with Crippen LogP contribution in [-0.4, -0.2) is 0 Å².